The summed E-state index contributed by atoms with van der Waals surface area (Å²) in [6, 6.07) is 26.9. The molecule has 6 heteroatoms. The van der Waals surface area contributed by atoms with Crippen LogP contribution in [-0.4, -0.2) is 28.6 Å². The highest BCUT2D eigenvalue weighted by Gasteiger charge is 2.27. The number of oxime groups is 1. The van der Waals surface area contributed by atoms with Gasteiger partial charge in [0.15, 0.2) is 5.78 Å². The van der Waals surface area contributed by atoms with Crippen molar-refractivity contribution in [2.75, 3.05) is 6.61 Å². The Morgan fingerprint density at radius 1 is 0.947 bits per heavy atom. The number of ketones is 1. The third-order valence-electron chi connectivity index (χ3n) is 7.06. The topological polar surface area (TPSA) is 69.9 Å². The number of benzene rings is 4. The summed E-state index contributed by atoms with van der Waals surface area (Å²) >= 11 is 0. The van der Waals surface area contributed by atoms with Crippen molar-refractivity contribution in [3.05, 3.63) is 113 Å². The lowest BCUT2D eigenvalue weighted by Gasteiger charge is -2.06. The van der Waals surface area contributed by atoms with Crippen LogP contribution in [0.2, 0.25) is 0 Å². The van der Waals surface area contributed by atoms with Crippen molar-refractivity contribution in [3.63, 3.8) is 0 Å². The van der Waals surface area contributed by atoms with E-state index < -0.39 is 5.97 Å². The van der Waals surface area contributed by atoms with E-state index in [1.807, 2.05) is 91.9 Å². The number of nitrogens with zero attached hydrogens (tertiary/aromatic N) is 2. The van der Waals surface area contributed by atoms with E-state index in [0.717, 1.165) is 45.0 Å². The molecular weight excluding hydrogens is 476 g/mol. The maximum atomic E-state index is 13.4. The molecule has 0 saturated carbocycles. The molecule has 38 heavy (non-hydrogen) atoms. The Bertz CT molecular complexity index is 1750. The van der Waals surface area contributed by atoms with Gasteiger partial charge in [0.05, 0.1) is 17.3 Å². The van der Waals surface area contributed by atoms with E-state index in [2.05, 4.69) is 16.6 Å². The molecule has 0 aliphatic carbocycles. The molecule has 0 atom stereocenters. The Morgan fingerprint density at radius 2 is 1.71 bits per heavy atom. The van der Waals surface area contributed by atoms with Crippen LogP contribution in [0.5, 0.6) is 5.75 Å². The Hall–Kier alpha value is -4.71. The van der Waals surface area contributed by atoms with Crippen LogP contribution >= 0.6 is 0 Å². The van der Waals surface area contributed by atoms with Gasteiger partial charge in [-0.2, -0.15) is 0 Å². The molecule has 0 spiro atoms. The number of hydrogen-bond acceptors (Lipinski definition) is 5. The summed E-state index contributed by atoms with van der Waals surface area (Å²) in [5.41, 5.74) is 6.53. The predicted octanol–water partition coefficient (Wildman–Crippen LogP) is 6.24. The monoisotopic (exact) mass is 502 g/mol. The molecule has 6 nitrogen and oxygen atoms in total. The molecule has 188 valence electrons. The van der Waals surface area contributed by atoms with Gasteiger partial charge in [-0.05, 0) is 55.3 Å². The van der Waals surface area contributed by atoms with Crippen molar-refractivity contribution < 1.29 is 19.2 Å². The third-order valence-corrected chi connectivity index (χ3v) is 7.06. The normalized spacial score (nSPS) is 13.6. The van der Waals surface area contributed by atoms with Crippen LogP contribution in [0.15, 0.2) is 90.1 Å². The SMILES string of the molecule is CCn1c2ccc(C(=O)c3ccccc3C)cc2c2c3c(ccc21)/C(=N/OC(=O)Cc1ccccc1)CO3. The zero-order valence-corrected chi connectivity index (χ0v) is 21.2. The number of hydrogen-bond donors (Lipinski definition) is 0. The Kier molecular flexibility index (Phi) is 6.00. The minimum absolute atomic E-state index is 0.0107. The maximum absolute atomic E-state index is 13.4. The molecule has 0 N–H and O–H groups in total. The predicted molar refractivity (Wildman–Crippen MR) is 148 cm³/mol. The minimum Gasteiger partial charge on any atom is -0.486 e. The standard InChI is InChI=1S/C32H26N2O4/c1-3-34-27-15-13-22(31(36)23-12-8-7-9-20(23)2)18-25(27)30-28(34)16-14-24-26(19-37-32(24)30)33-38-29(35)17-21-10-5-4-6-11-21/h4-16,18H,3,17,19H2,1-2H3/b33-26+. The summed E-state index contributed by atoms with van der Waals surface area (Å²) in [5.74, 6) is 0.252. The maximum Gasteiger partial charge on any atom is 0.339 e. The molecule has 1 aliphatic heterocycles. The zero-order valence-electron chi connectivity index (χ0n) is 21.2. The van der Waals surface area contributed by atoms with Crippen LogP contribution in [0.25, 0.3) is 21.8 Å². The highest BCUT2D eigenvalue weighted by Crippen LogP contribution is 2.41. The van der Waals surface area contributed by atoms with Crippen molar-refractivity contribution in [1.29, 1.82) is 0 Å². The molecule has 0 radical (unpaired) electrons. The number of aromatic nitrogens is 1. The first-order chi connectivity index (χ1) is 18.5. The Labute approximate surface area is 220 Å². The average molecular weight is 503 g/mol. The van der Waals surface area contributed by atoms with Crippen LogP contribution in [0.4, 0.5) is 0 Å². The molecule has 2 heterocycles. The fraction of sp³-hybridized carbons (Fsp3) is 0.156. The van der Waals surface area contributed by atoms with Gasteiger partial charge >= 0.3 is 5.97 Å². The van der Waals surface area contributed by atoms with E-state index in [4.69, 9.17) is 9.57 Å². The van der Waals surface area contributed by atoms with Crippen LogP contribution in [0, 0.1) is 6.92 Å². The largest absolute Gasteiger partial charge is 0.486 e. The Balaban J connectivity index is 1.39. The molecular formula is C32H26N2O4. The fourth-order valence-corrected chi connectivity index (χ4v) is 5.20. The zero-order chi connectivity index (χ0) is 26.2. The van der Waals surface area contributed by atoms with E-state index in [9.17, 15) is 9.59 Å². The van der Waals surface area contributed by atoms with Gasteiger partial charge in [-0.15, -0.1) is 0 Å². The van der Waals surface area contributed by atoms with E-state index >= 15 is 0 Å². The number of aryl methyl sites for hydroxylation is 2. The van der Waals surface area contributed by atoms with Gasteiger partial charge in [-0.1, -0.05) is 59.8 Å². The lowest BCUT2D eigenvalue weighted by atomic mass is 9.97. The molecule has 0 bridgehead atoms. The first-order valence-corrected chi connectivity index (χ1v) is 12.7. The number of ether oxygens (including phenoxy) is 1. The molecule has 0 saturated heterocycles. The van der Waals surface area contributed by atoms with Crippen LogP contribution in [-0.2, 0) is 22.6 Å². The van der Waals surface area contributed by atoms with Crippen LogP contribution < -0.4 is 4.74 Å². The van der Waals surface area contributed by atoms with Gasteiger partial charge in [0.1, 0.15) is 18.1 Å². The lowest BCUT2D eigenvalue weighted by Crippen LogP contribution is -2.09. The van der Waals surface area contributed by atoms with Gasteiger partial charge in [0.25, 0.3) is 0 Å². The van der Waals surface area contributed by atoms with Gasteiger partial charge < -0.3 is 14.1 Å². The van der Waals surface area contributed by atoms with E-state index in [-0.39, 0.29) is 18.8 Å². The van der Waals surface area contributed by atoms with Crippen molar-refractivity contribution >= 4 is 39.3 Å². The second-order valence-electron chi connectivity index (χ2n) is 9.41. The van der Waals surface area contributed by atoms with E-state index in [1.54, 1.807) is 0 Å². The van der Waals surface area contributed by atoms with Crippen LogP contribution in [0.1, 0.15) is 39.5 Å². The van der Waals surface area contributed by atoms with Crippen LogP contribution in [0.3, 0.4) is 0 Å². The molecule has 0 amide bonds. The van der Waals surface area contributed by atoms with Crippen molar-refractivity contribution in [3.8, 4) is 5.75 Å². The highest BCUT2D eigenvalue weighted by atomic mass is 16.7. The fourth-order valence-electron chi connectivity index (χ4n) is 5.20. The molecule has 1 aromatic heterocycles. The first kappa shape index (κ1) is 23.7. The molecule has 4 aromatic carbocycles. The minimum atomic E-state index is -0.430. The van der Waals surface area contributed by atoms with Gasteiger partial charge in [0.2, 0.25) is 0 Å². The summed E-state index contributed by atoms with van der Waals surface area (Å²) in [4.78, 5) is 31.0. The molecule has 5 aromatic rings. The molecule has 0 fully saturated rings. The summed E-state index contributed by atoms with van der Waals surface area (Å²) in [7, 11) is 0. The summed E-state index contributed by atoms with van der Waals surface area (Å²) in [5, 5.41) is 6.03. The summed E-state index contributed by atoms with van der Waals surface area (Å²) < 4.78 is 8.34. The van der Waals surface area contributed by atoms with Crippen molar-refractivity contribution in [2.45, 2.75) is 26.8 Å². The molecule has 0 unspecified atom stereocenters. The van der Waals surface area contributed by atoms with Crippen molar-refractivity contribution in [2.24, 2.45) is 5.16 Å². The lowest BCUT2D eigenvalue weighted by molar-refractivity contribution is -0.142. The Morgan fingerprint density at radius 3 is 2.50 bits per heavy atom. The van der Waals surface area contributed by atoms with E-state index in [0.29, 0.717) is 22.6 Å². The number of carbonyl (C=O) groups excluding carboxylic acids is 2. The third kappa shape index (κ3) is 4.04. The second kappa shape index (κ2) is 9.63. The van der Waals surface area contributed by atoms with Gasteiger partial charge in [0, 0.05) is 34.1 Å². The molecule has 1 aliphatic rings. The number of rotatable bonds is 6. The second-order valence-corrected chi connectivity index (χ2v) is 9.41. The van der Waals surface area contributed by atoms with Gasteiger partial charge in [-0.3, -0.25) is 4.79 Å². The highest BCUT2D eigenvalue weighted by molar-refractivity contribution is 6.20. The average Bonchev–Trinajstić information content (AvgIpc) is 3.50. The molecule has 6 rings (SSSR count). The smallest absolute Gasteiger partial charge is 0.339 e. The first-order valence-electron chi connectivity index (χ1n) is 12.7. The van der Waals surface area contributed by atoms with E-state index in [1.165, 1.54) is 0 Å². The number of carbonyl (C=O) groups is 2. The number of fused-ring (bicyclic) bond motifs is 5. The quantitative estimate of drug-likeness (QED) is 0.157. The van der Waals surface area contributed by atoms with Crippen molar-refractivity contribution in [1.82, 2.24) is 4.57 Å². The summed E-state index contributed by atoms with van der Waals surface area (Å²) in [6.07, 6.45) is 0.145. The summed E-state index contributed by atoms with van der Waals surface area (Å²) in [6.45, 7) is 5.01. The van der Waals surface area contributed by atoms with Gasteiger partial charge in [-0.25, -0.2) is 4.79 Å².